The average Bonchev–Trinajstić information content (AvgIpc) is 2.87. The Bertz CT molecular complexity index is 599. The first-order chi connectivity index (χ1) is 9.12. The summed E-state index contributed by atoms with van der Waals surface area (Å²) in [6.45, 7) is 5.26. The van der Waals surface area contributed by atoms with Gasteiger partial charge in [0, 0.05) is 6.61 Å². The number of halogens is 1. The van der Waals surface area contributed by atoms with Crippen molar-refractivity contribution in [2.45, 2.75) is 37.1 Å². The van der Waals surface area contributed by atoms with E-state index in [-0.39, 0.29) is 10.4 Å². The first-order valence-corrected chi connectivity index (χ1v) is 7.80. The van der Waals surface area contributed by atoms with E-state index in [0.29, 0.717) is 0 Å². The summed E-state index contributed by atoms with van der Waals surface area (Å²) in [6, 6.07) is 13.1. The molecule has 0 N–H and O–H groups in total. The molecule has 0 spiro atoms. The maximum absolute atomic E-state index is 5.99. The van der Waals surface area contributed by atoms with E-state index in [1.807, 2.05) is 0 Å². The Morgan fingerprint density at radius 1 is 1.16 bits per heavy atom. The monoisotopic (exact) mass is 318 g/mol. The Balaban J connectivity index is 2.12. The molecular formula is C17H19BrO. The van der Waals surface area contributed by atoms with Gasteiger partial charge in [0.2, 0.25) is 0 Å². The fraction of sp³-hybridized carbons (Fsp3) is 0.412. The van der Waals surface area contributed by atoms with E-state index in [0.717, 1.165) is 19.4 Å². The van der Waals surface area contributed by atoms with Gasteiger partial charge >= 0.3 is 0 Å². The van der Waals surface area contributed by atoms with Gasteiger partial charge in [-0.15, -0.1) is 0 Å². The van der Waals surface area contributed by atoms with Gasteiger partial charge < -0.3 is 4.74 Å². The van der Waals surface area contributed by atoms with Crippen LogP contribution in [0.25, 0.3) is 10.8 Å². The fourth-order valence-corrected chi connectivity index (χ4v) is 3.78. The molecule has 2 aromatic rings. The Kier molecular flexibility index (Phi) is 3.40. The van der Waals surface area contributed by atoms with Crippen LogP contribution in [0.5, 0.6) is 0 Å². The molecule has 0 aromatic heterocycles. The number of alkyl halides is 1. The fourth-order valence-electron chi connectivity index (χ4n) is 3.02. The lowest BCUT2D eigenvalue weighted by atomic mass is 9.89. The Morgan fingerprint density at radius 2 is 1.89 bits per heavy atom. The van der Waals surface area contributed by atoms with Crippen molar-refractivity contribution in [2.24, 2.45) is 0 Å². The molecule has 3 rings (SSSR count). The van der Waals surface area contributed by atoms with E-state index in [1.165, 1.54) is 21.9 Å². The SMILES string of the molecule is Cc1ccc(C(Br)C2(C)CCCO2)c2ccccc12. The van der Waals surface area contributed by atoms with Crippen LogP contribution in [-0.2, 0) is 4.74 Å². The second-order valence-electron chi connectivity index (χ2n) is 5.64. The van der Waals surface area contributed by atoms with E-state index < -0.39 is 0 Å². The molecule has 1 aliphatic rings. The Morgan fingerprint density at radius 3 is 2.58 bits per heavy atom. The van der Waals surface area contributed by atoms with Crippen molar-refractivity contribution in [3.63, 3.8) is 0 Å². The molecule has 2 atom stereocenters. The summed E-state index contributed by atoms with van der Waals surface area (Å²) >= 11 is 3.89. The summed E-state index contributed by atoms with van der Waals surface area (Å²) in [6.07, 6.45) is 2.27. The van der Waals surface area contributed by atoms with Crippen LogP contribution in [0, 0.1) is 6.92 Å². The van der Waals surface area contributed by atoms with Gasteiger partial charge in [0.05, 0.1) is 10.4 Å². The van der Waals surface area contributed by atoms with Crippen molar-refractivity contribution in [1.82, 2.24) is 0 Å². The zero-order valence-electron chi connectivity index (χ0n) is 11.4. The highest BCUT2D eigenvalue weighted by Gasteiger charge is 2.38. The largest absolute Gasteiger partial charge is 0.374 e. The van der Waals surface area contributed by atoms with Gasteiger partial charge in [-0.25, -0.2) is 0 Å². The van der Waals surface area contributed by atoms with E-state index >= 15 is 0 Å². The molecule has 1 saturated heterocycles. The highest BCUT2D eigenvalue weighted by molar-refractivity contribution is 9.09. The van der Waals surface area contributed by atoms with Crippen LogP contribution in [-0.4, -0.2) is 12.2 Å². The van der Waals surface area contributed by atoms with Gasteiger partial charge in [-0.3, -0.25) is 0 Å². The van der Waals surface area contributed by atoms with E-state index in [1.54, 1.807) is 0 Å². The maximum Gasteiger partial charge on any atom is 0.0820 e. The molecule has 0 radical (unpaired) electrons. The van der Waals surface area contributed by atoms with E-state index in [4.69, 9.17) is 4.74 Å². The molecule has 1 fully saturated rings. The smallest absolute Gasteiger partial charge is 0.0820 e. The third-order valence-electron chi connectivity index (χ3n) is 4.23. The Labute approximate surface area is 123 Å². The lowest BCUT2D eigenvalue weighted by Gasteiger charge is -2.30. The maximum atomic E-state index is 5.99. The van der Waals surface area contributed by atoms with Gasteiger partial charge in [-0.2, -0.15) is 0 Å². The van der Waals surface area contributed by atoms with Crippen LogP contribution >= 0.6 is 15.9 Å². The molecule has 0 saturated carbocycles. The molecule has 0 aliphatic carbocycles. The zero-order valence-corrected chi connectivity index (χ0v) is 13.0. The van der Waals surface area contributed by atoms with Crippen molar-refractivity contribution in [3.8, 4) is 0 Å². The van der Waals surface area contributed by atoms with Gasteiger partial charge in [-0.05, 0) is 48.6 Å². The third-order valence-corrected chi connectivity index (χ3v) is 5.70. The van der Waals surface area contributed by atoms with Crippen LogP contribution in [0.15, 0.2) is 36.4 Å². The van der Waals surface area contributed by atoms with Crippen molar-refractivity contribution in [1.29, 1.82) is 0 Å². The van der Waals surface area contributed by atoms with Crippen LogP contribution < -0.4 is 0 Å². The highest BCUT2D eigenvalue weighted by Crippen LogP contribution is 2.45. The predicted octanol–water partition coefficient (Wildman–Crippen LogP) is 5.15. The average molecular weight is 319 g/mol. The first-order valence-electron chi connectivity index (χ1n) is 6.88. The van der Waals surface area contributed by atoms with Gasteiger partial charge in [0.1, 0.15) is 0 Å². The number of fused-ring (bicyclic) bond motifs is 1. The summed E-state index contributed by atoms with van der Waals surface area (Å²) in [5.41, 5.74) is 2.58. The van der Waals surface area contributed by atoms with E-state index in [9.17, 15) is 0 Å². The first kappa shape index (κ1) is 13.1. The topological polar surface area (TPSA) is 9.23 Å². The molecular weight excluding hydrogens is 300 g/mol. The lowest BCUT2D eigenvalue weighted by molar-refractivity contribution is 0.0200. The van der Waals surface area contributed by atoms with Crippen molar-refractivity contribution < 1.29 is 4.74 Å². The van der Waals surface area contributed by atoms with Crippen molar-refractivity contribution in [2.75, 3.05) is 6.61 Å². The number of rotatable bonds is 2. The normalized spacial score (nSPS) is 24.8. The van der Waals surface area contributed by atoms with Gasteiger partial charge in [0.15, 0.2) is 0 Å². The molecule has 0 amide bonds. The molecule has 19 heavy (non-hydrogen) atoms. The lowest BCUT2D eigenvalue weighted by Crippen LogP contribution is -2.28. The second kappa shape index (κ2) is 4.92. The minimum atomic E-state index is -0.0853. The highest BCUT2D eigenvalue weighted by atomic mass is 79.9. The minimum absolute atomic E-state index is 0.0853. The summed E-state index contributed by atoms with van der Waals surface area (Å²) in [5.74, 6) is 0. The number of aryl methyl sites for hydroxylation is 1. The van der Waals surface area contributed by atoms with Crippen LogP contribution in [0.2, 0.25) is 0 Å². The quantitative estimate of drug-likeness (QED) is 0.695. The number of hydrogen-bond donors (Lipinski definition) is 0. The number of benzene rings is 2. The van der Waals surface area contributed by atoms with Crippen LogP contribution in [0.1, 0.15) is 35.7 Å². The van der Waals surface area contributed by atoms with Gasteiger partial charge in [-0.1, -0.05) is 52.3 Å². The molecule has 2 unspecified atom stereocenters. The zero-order chi connectivity index (χ0) is 13.5. The van der Waals surface area contributed by atoms with Crippen molar-refractivity contribution in [3.05, 3.63) is 47.5 Å². The van der Waals surface area contributed by atoms with E-state index in [2.05, 4.69) is 66.2 Å². The molecule has 0 bridgehead atoms. The summed E-state index contributed by atoms with van der Waals surface area (Å²) in [4.78, 5) is 0.244. The molecule has 1 aliphatic heterocycles. The summed E-state index contributed by atoms with van der Waals surface area (Å²) < 4.78 is 5.99. The minimum Gasteiger partial charge on any atom is -0.374 e. The van der Waals surface area contributed by atoms with Crippen molar-refractivity contribution >= 4 is 26.7 Å². The van der Waals surface area contributed by atoms with Crippen LogP contribution in [0.3, 0.4) is 0 Å². The van der Waals surface area contributed by atoms with Crippen LogP contribution in [0.4, 0.5) is 0 Å². The Hall–Kier alpha value is -0.860. The second-order valence-corrected chi connectivity index (χ2v) is 6.56. The third kappa shape index (κ3) is 2.21. The van der Waals surface area contributed by atoms with Gasteiger partial charge in [0.25, 0.3) is 0 Å². The predicted molar refractivity (Wildman–Crippen MR) is 83.9 cm³/mol. The number of ether oxygens (including phenoxy) is 1. The number of hydrogen-bond acceptors (Lipinski definition) is 1. The molecule has 2 heteroatoms. The molecule has 100 valence electrons. The standard InChI is InChI=1S/C17H19BrO/c1-12-8-9-15(14-7-4-3-6-13(12)14)16(18)17(2)10-5-11-19-17/h3-4,6-9,16H,5,10-11H2,1-2H3. The molecule has 1 heterocycles. The summed E-state index contributed by atoms with van der Waals surface area (Å²) in [5, 5.41) is 2.67. The summed E-state index contributed by atoms with van der Waals surface area (Å²) in [7, 11) is 0. The molecule has 2 aromatic carbocycles. The molecule has 1 nitrogen and oxygen atoms in total.